The first-order chi connectivity index (χ1) is 9.70. The Morgan fingerprint density at radius 3 is 3.20 bits per heavy atom. The lowest BCUT2D eigenvalue weighted by Gasteiger charge is -2.08. The van der Waals surface area contributed by atoms with Gasteiger partial charge in [0.25, 0.3) is 0 Å². The molecule has 0 radical (unpaired) electrons. The summed E-state index contributed by atoms with van der Waals surface area (Å²) >= 11 is 1.58. The SMILES string of the molecule is CC1CC(C(=O)NCc2sccc2C#CCCO)CO1. The Hall–Kier alpha value is -1.35. The van der Waals surface area contributed by atoms with Gasteiger partial charge in [-0.25, -0.2) is 0 Å². The first-order valence-electron chi connectivity index (χ1n) is 6.76. The second-order valence-corrected chi connectivity index (χ2v) is 5.83. The maximum atomic E-state index is 12.0. The fourth-order valence-corrected chi connectivity index (χ4v) is 2.88. The van der Waals surface area contributed by atoms with Gasteiger partial charge in [-0.1, -0.05) is 11.8 Å². The number of carbonyl (C=O) groups excluding carboxylic acids is 1. The summed E-state index contributed by atoms with van der Waals surface area (Å²) in [4.78, 5) is 13.1. The van der Waals surface area contributed by atoms with Crippen LogP contribution in [0.3, 0.4) is 0 Å². The van der Waals surface area contributed by atoms with E-state index in [4.69, 9.17) is 9.84 Å². The van der Waals surface area contributed by atoms with Crippen LogP contribution < -0.4 is 5.32 Å². The fourth-order valence-electron chi connectivity index (χ4n) is 2.11. The molecule has 108 valence electrons. The van der Waals surface area contributed by atoms with Gasteiger partial charge in [0.2, 0.25) is 5.91 Å². The lowest BCUT2D eigenvalue weighted by Crippen LogP contribution is -2.30. The number of rotatable bonds is 4. The largest absolute Gasteiger partial charge is 0.395 e. The van der Waals surface area contributed by atoms with E-state index < -0.39 is 0 Å². The number of hydrogen-bond donors (Lipinski definition) is 2. The highest BCUT2D eigenvalue weighted by Gasteiger charge is 2.28. The van der Waals surface area contributed by atoms with Crippen LogP contribution >= 0.6 is 11.3 Å². The Balaban J connectivity index is 1.87. The van der Waals surface area contributed by atoms with E-state index >= 15 is 0 Å². The molecule has 0 spiro atoms. The molecule has 1 aliphatic heterocycles. The van der Waals surface area contributed by atoms with E-state index in [-0.39, 0.29) is 24.5 Å². The van der Waals surface area contributed by atoms with Crippen LogP contribution in [0.2, 0.25) is 0 Å². The third-order valence-corrected chi connectivity index (χ3v) is 4.12. The fraction of sp³-hybridized carbons (Fsp3) is 0.533. The summed E-state index contributed by atoms with van der Waals surface area (Å²) in [6.45, 7) is 3.08. The van der Waals surface area contributed by atoms with E-state index in [1.165, 1.54) is 0 Å². The van der Waals surface area contributed by atoms with Gasteiger partial charge < -0.3 is 15.2 Å². The number of aliphatic hydroxyl groups is 1. The Bertz CT molecular complexity index is 515. The molecule has 0 aromatic carbocycles. The van der Waals surface area contributed by atoms with Gasteiger partial charge in [0.1, 0.15) is 0 Å². The third kappa shape index (κ3) is 4.07. The van der Waals surface area contributed by atoms with Crippen molar-refractivity contribution in [1.29, 1.82) is 0 Å². The van der Waals surface area contributed by atoms with Crippen molar-refractivity contribution < 1.29 is 14.6 Å². The average Bonchev–Trinajstić information content (AvgIpc) is 3.05. The maximum Gasteiger partial charge on any atom is 0.225 e. The quantitative estimate of drug-likeness (QED) is 0.828. The Labute approximate surface area is 123 Å². The van der Waals surface area contributed by atoms with Crippen LogP contribution in [0.25, 0.3) is 0 Å². The van der Waals surface area contributed by atoms with Crippen LogP contribution in [0.1, 0.15) is 30.2 Å². The minimum atomic E-state index is -0.0334. The topological polar surface area (TPSA) is 58.6 Å². The molecule has 20 heavy (non-hydrogen) atoms. The molecule has 4 nitrogen and oxygen atoms in total. The molecule has 1 amide bonds. The molecule has 5 heteroatoms. The maximum absolute atomic E-state index is 12.0. The highest BCUT2D eigenvalue weighted by atomic mass is 32.1. The first kappa shape index (κ1) is 15.0. The Morgan fingerprint density at radius 2 is 2.50 bits per heavy atom. The molecular weight excluding hydrogens is 274 g/mol. The minimum Gasteiger partial charge on any atom is -0.395 e. The zero-order valence-corrected chi connectivity index (χ0v) is 12.3. The lowest BCUT2D eigenvalue weighted by atomic mass is 10.1. The Kier molecular flexibility index (Phi) is 5.60. The molecule has 0 aliphatic carbocycles. The van der Waals surface area contributed by atoms with Crippen LogP contribution in [0.15, 0.2) is 11.4 Å². The average molecular weight is 293 g/mol. The molecule has 1 aromatic heterocycles. The third-order valence-electron chi connectivity index (χ3n) is 3.20. The molecule has 1 aliphatic rings. The van der Waals surface area contributed by atoms with Gasteiger partial charge in [0.05, 0.1) is 31.8 Å². The summed E-state index contributed by atoms with van der Waals surface area (Å²) in [7, 11) is 0. The van der Waals surface area contributed by atoms with E-state index in [0.29, 0.717) is 19.6 Å². The number of nitrogens with one attached hydrogen (secondary N) is 1. The van der Waals surface area contributed by atoms with Crippen molar-refractivity contribution in [3.05, 3.63) is 21.9 Å². The molecule has 2 rings (SSSR count). The van der Waals surface area contributed by atoms with E-state index in [9.17, 15) is 4.79 Å². The number of ether oxygens (including phenoxy) is 1. The highest BCUT2D eigenvalue weighted by molar-refractivity contribution is 7.10. The van der Waals surface area contributed by atoms with Gasteiger partial charge in [-0.15, -0.1) is 11.3 Å². The molecular formula is C15H19NO3S. The van der Waals surface area contributed by atoms with Gasteiger partial charge in [-0.2, -0.15) is 0 Å². The lowest BCUT2D eigenvalue weighted by molar-refractivity contribution is -0.125. The van der Waals surface area contributed by atoms with Crippen molar-refractivity contribution in [3.8, 4) is 11.8 Å². The first-order valence-corrected chi connectivity index (χ1v) is 7.64. The number of amides is 1. The summed E-state index contributed by atoms with van der Waals surface area (Å²) < 4.78 is 5.41. The highest BCUT2D eigenvalue weighted by Crippen LogP contribution is 2.20. The van der Waals surface area contributed by atoms with Crippen molar-refractivity contribution in [2.75, 3.05) is 13.2 Å². The zero-order chi connectivity index (χ0) is 14.4. The minimum absolute atomic E-state index is 0.0334. The molecule has 1 saturated heterocycles. The smallest absolute Gasteiger partial charge is 0.225 e. The summed E-state index contributed by atoms with van der Waals surface area (Å²) in [5.41, 5.74) is 0.930. The van der Waals surface area contributed by atoms with Gasteiger partial charge in [0.15, 0.2) is 0 Å². The van der Waals surface area contributed by atoms with Crippen LogP contribution in [0.4, 0.5) is 0 Å². The van der Waals surface area contributed by atoms with Gasteiger partial charge in [0, 0.05) is 16.9 Å². The number of hydrogen-bond acceptors (Lipinski definition) is 4. The van der Waals surface area contributed by atoms with Gasteiger partial charge in [-0.3, -0.25) is 4.79 Å². The summed E-state index contributed by atoms with van der Waals surface area (Å²) in [5, 5.41) is 13.6. The summed E-state index contributed by atoms with van der Waals surface area (Å²) in [6, 6.07) is 1.94. The van der Waals surface area contributed by atoms with Crippen molar-refractivity contribution in [2.24, 2.45) is 5.92 Å². The van der Waals surface area contributed by atoms with Crippen molar-refractivity contribution >= 4 is 17.2 Å². The molecule has 0 saturated carbocycles. The van der Waals surface area contributed by atoms with Crippen LogP contribution in [-0.4, -0.2) is 30.3 Å². The van der Waals surface area contributed by atoms with Crippen molar-refractivity contribution in [1.82, 2.24) is 5.32 Å². The predicted molar refractivity (Wildman–Crippen MR) is 78.3 cm³/mol. The number of aliphatic hydroxyl groups excluding tert-OH is 1. The number of carbonyl (C=O) groups is 1. The monoisotopic (exact) mass is 293 g/mol. The van der Waals surface area contributed by atoms with Gasteiger partial charge >= 0.3 is 0 Å². The molecule has 2 atom stereocenters. The van der Waals surface area contributed by atoms with Crippen LogP contribution in [0.5, 0.6) is 0 Å². The molecule has 2 unspecified atom stereocenters. The molecule has 2 N–H and O–H groups in total. The van der Waals surface area contributed by atoms with E-state index in [0.717, 1.165) is 16.9 Å². The summed E-state index contributed by atoms with van der Waals surface area (Å²) in [5.74, 6) is 5.94. The second kappa shape index (κ2) is 7.44. The second-order valence-electron chi connectivity index (χ2n) is 4.83. The van der Waals surface area contributed by atoms with E-state index in [1.54, 1.807) is 11.3 Å². The molecule has 2 heterocycles. The van der Waals surface area contributed by atoms with Crippen molar-refractivity contribution in [3.63, 3.8) is 0 Å². The standard InChI is InChI=1S/C15H19NO3S/c1-11-8-13(10-19-11)15(18)16-9-14-12(5-7-20-14)4-2-3-6-17/h5,7,11,13,17H,3,6,8-10H2,1H3,(H,16,18). The normalized spacial score (nSPS) is 21.3. The zero-order valence-electron chi connectivity index (χ0n) is 11.5. The van der Waals surface area contributed by atoms with E-state index in [2.05, 4.69) is 17.2 Å². The molecule has 1 aromatic rings. The summed E-state index contributed by atoms with van der Waals surface area (Å²) in [6.07, 6.45) is 1.44. The van der Waals surface area contributed by atoms with Crippen molar-refractivity contribution in [2.45, 2.75) is 32.4 Å². The molecule has 0 bridgehead atoms. The van der Waals surface area contributed by atoms with Gasteiger partial charge in [-0.05, 0) is 24.8 Å². The van der Waals surface area contributed by atoms with Crippen LogP contribution in [-0.2, 0) is 16.1 Å². The van der Waals surface area contributed by atoms with Crippen LogP contribution in [0, 0.1) is 17.8 Å². The Morgan fingerprint density at radius 1 is 1.65 bits per heavy atom. The van der Waals surface area contributed by atoms with E-state index in [1.807, 2.05) is 18.4 Å². The predicted octanol–water partition coefficient (Wildman–Crippen LogP) is 1.52. The number of thiophene rings is 1. The molecule has 1 fully saturated rings.